The predicted octanol–water partition coefficient (Wildman–Crippen LogP) is 3.22. The molecule has 0 spiro atoms. The van der Waals surface area contributed by atoms with Gasteiger partial charge in [0.05, 0.1) is 12.6 Å². The van der Waals surface area contributed by atoms with E-state index in [1.807, 2.05) is 0 Å². The van der Waals surface area contributed by atoms with Gasteiger partial charge in [-0.1, -0.05) is 0 Å². The molecule has 4 nitrogen and oxygen atoms in total. The third-order valence-electron chi connectivity index (χ3n) is 3.98. The van der Waals surface area contributed by atoms with Crippen LogP contribution in [0.4, 0.5) is 0 Å². The maximum absolute atomic E-state index is 4.85. The third kappa shape index (κ3) is 7.50. The fourth-order valence-electron chi connectivity index (χ4n) is 3.35. The molecule has 0 saturated carbocycles. The van der Waals surface area contributed by atoms with E-state index in [0.29, 0.717) is 12.1 Å². The van der Waals surface area contributed by atoms with Crippen LogP contribution in [0.15, 0.2) is 9.98 Å². The van der Waals surface area contributed by atoms with Crippen LogP contribution in [0.1, 0.15) is 68.2 Å². The molecule has 2 atom stereocenters. The summed E-state index contributed by atoms with van der Waals surface area (Å²) in [7, 11) is 0. The number of rotatable bonds is 0. The Morgan fingerprint density at radius 2 is 1.55 bits per heavy atom. The number of nitrogens with zero attached hydrogens (tertiary/aromatic N) is 2. The van der Waals surface area contributed by atoms with Crippen molar-refractivity contribution in [3.8, 4) is 0 Å². The van der Waals surface area contributed by atoms with Gasteiger partial charge in [-0.3, -0.25) is 9.98 Å². The van der Waals surface area contributed by atoms with Gasteiger partial charge in [0, 0.05) is 47.9 Å². The monoisotopic (exact) mass is 308 g/mol. The molecule has 0 radical (unpaired) electrons. The van der Waals surface area contributed by atoms with Crippen LogP contribution in [0.2, 0.25) is 0 Å². The molecule has 0 aromatic rings. The molecule has 2 N–H and O–H groups in total. The van der Waals surface area contributed by atoms with Gasteiger partial charge in [0.15, 0.2) is 0 Å². The maximum Gasteiger partial charge on any atom is 0.0595 e. The highest BCUT2D eigenvalue weighted by Gasteiger charge is 2.23. The smallest absolute Gasteiger partial charge is 0.0595 e. The minimum absolute atomic E-state index is 0.0486. The molecule has 0 fully saturated rings. The van der Waals surface area contributed by atoms with Crippen LogP contribution >= 0.6 is 0 Å². The van der Waals surface area contributed by atoms with Crippen molar-refractivity contribution in [1.29, 1.82) is 0 Å². The Bertz CT molecular complexity index is 421. The van der Waals surface area contributed by atoms with Crippen LogP contribution < -0.4 is 10.6 Å². The number of hydrogen-bond acceptors (Lipinski definition) is 4. The quantitative estimate of drug-likeness (QED) is 0.722. The van der Waals surface area contributed by atoms with Crippen molar-refractivity contribution in [1.82, 2.24) is 10.6 Å². The Morgan fingerprint density at radius 1 is 0.955 bits per heavy atom. The lowest BCUT2D eigenvalue weighted by Crippen LogP contribution is -2.48. The molecule has 0 aromatic heterocycles. The van der Waals surface area contributed by atoms with Crippen LogP contribution in [-0.2, 0) is 0 Å². The Hall–Kier alpha value is -0.740. The van der Waals surface area contributed by atoms with E-state index < -0.39 is 0 Å². The molecule has 0 aromatic carbocycles. The highest BCUT2D eigenvalue weighted by molar-refractivity contribution is 5.83. The van der Waals surface area contributed by atoms with E-state index in [9.17, 15) is 0 Å². The second kappa shape index (κ2) is 7.69. The molecule has 1 aliphatic rings. The zero-order valence-electron chi connectivity index (χ0n) is 15.9. The summed E-state index contributed by atoms with van der Waals surface area (Å²) in [5.74, 6) is 0. The van der Waals surface area contributed by atoms with Gasteiger partial charge in [0.25, 0.3) is 0 Å². The molecule has 22 heavy (non-hydrogen) atoms. The second-order valence-electron chi connectivity index (χ2n) is 8.34. The van der Waals surface area contributed by atoms with E-state index in [1.165, 1.54) is 11.4 Å². The molecule has 4 heteroatoms. The summed E-state index contributed by atoms with van der Waals surface area (Å²) in [6, 6.07) is 0.668. The van der Waals surface area contributed by atoms with E-state index >= 15 is 0 Å². The fraction of sp³-hybridized carbons (Fsp3) is 0.889. The van der Waals surface area contributed by atoms with Gasteiger partial charge in [-0.15, -0.1) is 0 Å². The highest BCUT2D eigenvalue weighted by Crippen LogP contribution is 2.14. The van der Waals surface area contributed by atoms with Crippen LogP contribution in [0.3, 0.4) is 0 Å². The lowest BCUT2D eigenvalue weighted by molar-refractivity contribution is 0.353. The second-order valence-corrected chi connectivity index (χ2v) is 8.34. The van der Waals surface area contributed by atoms with Crippen LogP contribution in [-0.4, -0.2) is 47.7 Å². The Balaban J connectivity index is 2.93. The average Bonchev–Trinajstić information content (AvgIpc) is 2.31. The van der Waals surface area contributed by atoms with Gasteiger partial charge in [0.2, 0.25) is 0 Å². The van der Waals surface area contributed by atoms with Crippen LogP contribution in [0.5, 0.6) is 0 Å². The van der Waals surface area contributed by atoms with Gasteiger partial charge in [0.1, 0.15) is 0 Å². The average molecular weight is 309 g/mol. The Labute approximate surface area is 137 Å². The molecule has 1 rings (SSSR count). The normalized spacial score (nSPS) is 30.9. The zero-order chi connectivity index (χ0) is 17.0. The Kier molecular flexibility index (Phi) is 6.75. The molecule has 0 bridgehead atoms. The molecule has 1 aliphatic heterocycles. The van der Waals surface area contributed by atoms with Gasteiger partial charge >= 0.3 is 0 Å². The first-order valence-corrected chi connectivity index (χ1v) is 8.55. The lowest BCUT2D eigenvalue weighted by atomic mass is 9.95. The van der Waals surface area contributed by atoms with Crippen molar-refractivity contribution in [2.45, 2.75) is 91.4 Å². The van der Waals surface area contributed by atoms with Gasteiger partial charge in [-0.25, -0.2) is 0 Å². The maximum atomic E-state index is 4.85. The van der Waals surface area contributed by atoms with Crippen molar-refractivity contribution in [2.75, 3.05) is 13.1 Å². The molecule has 1 heterocycles. The molecule has 0 saturated heterocycles. The van der Waals surface area contributed by atoms with Crippen molar-refractivity contribution in [3.05, 3.63) is 0 Å². The van der Waals surface area contributed by atoms with Crippen molar-refractivity contribution in [3.63, 3.8) is 0 Å². The van der Waals surface area contributed by atoms with Gasteiger partial charge in [-0.05, 0) is 55.4 Å². The summed E-state index contributed by atoms with van der Waals surface area (Å²) in [6.45, 7) is 19.4. The van der Waals surface area contributed by atoms with Gasteiger partial charge < -0.3 is 10.6 Å². The van der Waals surface area contributed by atoms with E-state index in [1.54, 1.807) is 0 Å². The lowest BCUT2D eigenvalue weighted by Gasteiger charge is -2.31. The molecule has 128 valence electrons. The minimum Gasteiger partial charge on any atom is -0.309 e. The first kappa shape index (κ1) is 19.3. The van der Waals surface area contributed by atoms with Crippen LogP contribution in [0.25, 0.3) is 0 Å². The minimum atomic E-state index is 0.0486. The summed E-state index contributed by atoms with van der Waals surface area (Å²) in [6.07, 6.45) is 1.94. The number of hydrogen-bond donors (Lipinski definition) is 2. The number of aliphatic imine (C=N–C) groups is 2. The summed E-state index contributed by atoms with van der Waals surface area (Å²) < 4.78 is 0. The Morgan fingerprint density at radius 3 is 2.18 bits per heavy atom. The van der Waals surface area contributed by atoms with Gasteiger partial charge in [-0.2, -0.15) is 0 Å². The van der Waals surface area contributed by atoms with Crippen molar-refractivity contribution < 1.29 is 0 Å². The fourth-order valence-corrected chi connectivity index (χ4v) is 3.35. The molecular weight excluding hydrogens is 272 g/mol. The van der Waals surface area contributed by atoms with Crippen LogP contribution in [0, 0.1) is 0 Å². The summed E-state index contributed by atoms with van der Waals surface area (Å²) in [5.41, 5.74) is 2.54. The molecular formula is C18H36N4. The van der Waals surface area contributed by atoms with Crippen molar-refractivity contribution in [2.24, 2.45) is 9.98 Å². The summed E-state index contributed by atoms with van der Waals surface area (Å²) in [5, 5.41) is 7.34. The zero-order valence-corrected chi connectivity index (χ0v) is 15.9. The van der Waals surface area contributed by atoms with E-state index in [0.717, 1.165) is 25.9 Å². The predicted molar refractivity (Wildman–Crippen MR) is 98.5 cm³/mol. The first-order valence-electron chi connectivity index (χ1n) is 8.55. The summed E-state index contributed by atoms with van der Waals surface area (Å²) >= 11 is 0. The molecule has 0 aliphatic carbocycles. The standard InChI is InChI=1S/C18H36N4/c1-13-9-17(5,6)20-12-15(3)21-14(2)10-18(7,8)22-16(4)11-19-13/h15-16,20,22H,9-12H2,1-8H3/t15-,16+/m0/s1. The largest absolute Gasteiger partial charge is 0.309 e. The summed E-state index contributed by atoms with van der Waals surface area (Å²) in [4.78, 5) is 9.63. The van der Waals surface area contributed by atoms with Crippen molar-refractivity contribution >= 4 is 11.4 Å². The van der Waals surface area contributed by atoms with E-state index in [4.69, 9.17) is 9.98 Å². The van der Waals surface area contributed by atoms with E-state index in [-0.39, 0.29) is 11.1 Å². The topological polar surface area (TPSA) is 48.8 Å². The van der Waals surface area contributed by atoms with E-state index in [2.05, 4.69) is 66.0 Å². The first-order chi connectivity index (χ1) is 9.99. The third-order valence-corrected chi connectivity index (χ3v) is 3.98. The molecule has 0 amide bonds. The highest BCUT2D eigenvalue weighted by atomic mass is 15.0. The SMILES string of the molecule is CC1=NC[C@@H](C)NC(C)(C)CC(C)=N[C@@H](C)CNC(C)(C)C1. The number of nitrogens with one attached hydrogen (secondary N) is 2. The molecule has 0 unspecified atom stereocenters.